The molecule has 1 atom stereocenters. The molecule has 1 aliphatic rings. The van der Waals surface area contributed by atoms with Crippen LogP contribution in [0.2, 0.25) is 5.02 Å². The lowest BCUT2D eigenvalue weighted by Crippen LogP contribution is -2.48. The highest BCUT2D eigenvalue weighted by atomic mass is 35.5. The van der Waals surface area contributed by atoms with Gasteiger partial charge in [-0.15, -0.1) is 0 Å². The maximum Gasteiger partial charge on any atom is 0.247 e. The summed E-state index contributed by atoms with van der Waals surface area (Å²) in [4.78, 5) is 20.4. The van der Waals surface area contributed by atoms with Gasteiger partial charge >= 0.3 is 0 Å². The first kappa shape index (κ1) is 26.7. The lowest BCUT2D eigenvalue weighted by molar-refractivity contribution is -0.121. The highest BCUT2D eigenvalue weighted by Gasteiger charge is 2.42. The zero-order chi connectivity index (χ0) is 27.2. The highest BCUT2D eigenvalue weighted by Crippen LogP contribution is 2.35. The third kappa shape index (κ3) is 4.95. The molecule has 1 amide bonds. The first-order valence-electron chi connectivity index (χ1n) is 12.2. The molecule has 0 saturated carbocycles. The van der Waals surface area contributed by atoms with Gasteiger partial charge in [0.1, 0.15) is 11.9 Å². The smallest absolute Gasteiger partial charge is 0.247 e. The molecular formula is C26H27ClFN5O3S2. The highest BCUT2D eigenvalue weighted by molar-refractivity contribution is 7.89. The predicted octanol–water partition coefficient (Wildman–Crippen LogP) is 5.10. The van der Waals surface area contributed by atoms with E-state index in [-0.39, 0.29) is 23.9 Å². The zero-order valence-electron chi connectivity index (χ0n) is 21.2. The van der Waals surface area contributed by atoms with E-state index < -0.39 is 21.9 Å². The van der Waals surface area contributed by atoms with Crippen LogP contribution >= 0.6 is 22.9 Å². The molecule has 0 N–H and O–H groups in total. The van der Waals surface area contributed by atoms with Crippen LogP contribution < -0.4 is 4.90 Å². The Bertz CT molecular complexity index is 1620. The maximum atomic E-state index is 14.1. The molecule has 2 aromatic heterocycles. The van der Waals surface area contributed by atoms with Crippen molar-refractivity contribution in [3.8, 4) is 0 Å². The van der Waals surface area contributed by atoms with Gasteiger partial charge < -0.3 is 0 Å². The molecule has 12 heteroatoms. The molecule has 1 aliphatic heterocycles. The van der Waals surface area contributed by atoms with Crippen LogP contribution in [0.4, 0.5) is 9.52 Å². The second-order valence-electron chi connectivity index (χ2n) is 9.38. The fourth-order valence-electron chi connectivity index (χ4n) is 4.80. The van der Waals surface area contributed by atoms with E-state index in [0.717, 1.165) is 33.8 Å². The average Bonchev–Trinajstić information content (AvgIpc) is 3.61. The van der Waals surface area contributed by atoms with Crippen molar-refractivity contribution in [3.05, 3.63) is 70.3 Å². The van der Waals surface area contributed by atoms with Gasteiger partial charge in [-0.2, -0.15) is 9.40 Å². The molecule has 8 nitrogen and oxygen atoms in total. The van der Waals surface area contributed by atoms with Crippen molar-refractivity contribution in [2.24, 2.45) is 0 Å². The second-order valence-corrected chi connectivity index (χ2v) is 12.7. The first-order valence-corrected chi connectivity index (χ1v) is 14.8. The van der Waals surface area contributed by atoms with Gasteiger partial charge in [-0.05, 0) is 81.6 Å². The number of fused-ring (bicyclic) bond motifs is 1. The van der Waals surface area contributed by atoms with E-state index in [0.29, 0.717) is 35.1 Å². The van der Waals surface area contributed by atoms with Crippen LogP contribution in [-0.2, 0) is 21.4 Å². The van der Waals surface area contributed by atoms with Crippen molar-refractivity contribution >= 4 is 54.2 Å². The molecule has 0 bridgehead atoms. The van der Waals surface area contributed by atoms with E-state index in [2.05, 4.69) is 5.10 Å². The van der Waals surface area contributed by atoms with Crippen molar-refractivity contribution in [3.63, 3.8) is 0 Å². The van der Waals surface area contributed by atoms with E-state index in [1.54, 1.807) is 11.0 Å². The van der Waals surface area contributed by atoms with Gasteiger partial charge in [0.15, 0.2) is 5.13 Å². The Morgan fingerprint density at radius 2 is 1.92 bits per heavy atom. The number of thiazole rings is 1. The Kier molecular flexibility index (Phi) is 7.29. The monoisotopic (exact) mass is 575 g/mol. The molecule has 1 fully saturated rings. The molecule has 0 spiro atoms. The fraction of sp³-hybridized carbons (Fsp3) is 0.346. The summed E-state index contributed by atoms with van der Waals surface area (Å²) in [6, 6.07) is 9.40. The number of anilines is 1. The topological polar surface area (TPSA) is 88.4 Å². The minimum atomic E-state index is -4.01. The number of rotatable bonds is 7. The first-order chi connectivity index (χ1) is 18.1. The minimum Gasteiger partial charge on any atom is -0.285 e. The molecule has 2 aromatic carbocycles. The van der Waals surface area contributed by atoms with Gasteiger partial charge in [0.2, 0.25) is 15.9 Å². The normalized spacial score (nSPS) is 16.4. The maximum absolute atomic E-state index is 14.1. The van der Waals surface area contributed by atoms with Gasteiger partial charge in [0, 0.05) is 23.8 Å². The third-order valence-electron chi connectivity index (χ3n) is 6.78. The van der Waals surface area contributed by atoms with Gasteiger partial charge in [-0.25, -0.2) is 17.8 Å². The SMILES string of the molecule is Cc1cc(C)n(CCN(C(=O)C2CCCN2S(=O)(=O)c2ccc(F)cc2)c2nc3c(C)c(Cl)ccc3s2)n1. The van der Waals surface area contributed by atoms with E-state index >= 15 is 0 Å². The standard InChI is InChI=1S/C26H27ClFN5O3S2/c1-16-15-17(2)32(30-16)14-13-31(26-29-24-18(3)21(27)10-11-23(24)37-26)25(34)22-5-4-12-33(22)38(35,36)20-8-6-19(28)7-9-20/h6-11,15,22H,4-5,12-14H2,1-3H3. The summed E-state index contributed by atoms with van der Waals surface area (Å²) in [5.74, 6) is -0.878. The van der Waals surface area contributed by atoms with Crippen LogP contribution in [-0.4, -0.2) is 52.5 Å². The Morgan fingerprint density at radius 1 is 1.18 bits per heavy atom. The number of aromatic nitrogens is 3. The second kappa shape index (κ2) is 10.4. The number of hydrogen-bond acceptors (Lipinski definition) is 6. The van der Waals surface area contributed by atoms with E-state index in [1.807, 2.05) is 37.6 Å². The van der Waals surface area contributed by atoms with E-state index in [1.165, 1.54) is 27.8 Å². The quantitative estimate of drug-likeness (QED) is 0.306. The Balaban J connectivity index is 1.51. The van der Waals surface area contributed by atoms with E-state index in [4.69, 9.17) is 16.6 Å². The van der Waals surface area contributed by atoms with Crippen LogP contribution in [0.1, 0.15) is 29.8 Å². The van der Waals surface area contributed by atoms with Gasteiger partial charge in [0.05, 0.1) is 27.4 Å². The predicted molar refractivity (Wildman–Crippen MR) is 147 cm³/mol. The summed E-state index contributed by atoms with van der Waals surface area (Å²) < 4.78 is 44.3. The van der Waals surface area contributed by atoms with E-state index in [9.17, 15) is 17.6 Å². The third-order valence-corrected chi connectivity index (χ3v) is 10.2. The molecule has 4 aromatic rings. The van der Waals surface area contributed by atoms with Crippen LogP contribution in [0.15, 0.2) is 47.4 Å². The Morgan fingerprint density at radius 3 is 2.61 bits per heavy atom. The molecular weight excluding hydrogens is 549 g/mol. The van der Waals surface area contributed by atoms with Crippen molar-refractivity contribution in [2.45, 2.75) is 51.1 Å². The lowest BCUT2D eigenvalue weighted by Gasteiger charge is -2.28. The van der Waals surface area contributed by atoms with Crippen LogP contribution in [0, 0.1) is 26.6 Å². The number of benzene rings is 2. The lowest BCUT2D eigenvalue weighted by atomic mass is 10.2. The molecule has 3 heterocycles. The summed E-state index contributed by atoms with van der Waals surface area (Å²) in [6.45, 7) is 6.61. The van der Waals surface area contributed by atoms with Crippen molar-refractivity contribution in [1.82, 2.24) is 19.1 Å². The van der Waals surface area contributed by atoms with Crippen molar-refractivity contribution < 1.29 is 17.6 Å². The number of carbonyl (C=O) groups is 1. The van der Waals surface area contributed by atoms with Crippen LogP contribution in [0.3, 0.4) is 0 Å². The summed E-state index contributed by atoms with van der Waals surface area (Å²) in [5, 5.41) is 5.57. The van der Waals surface area contributed by atoms with Crippen LogP contribution in [0.25, 0.3) is 10.2 Å². The zero-order valence-corrected chi connectivity index (χ0v) is 23.6. The minimum absolute atomic E-state index is 0.0435. The number of aryl methyl sites for hydroxylation is 3. The number of amides is 1. The van der Waals surface area contributed by atoms with Gasteiger partial charge in [0.25, 0.3) is 0 Å². The molecule has 1 unspecified atom stereocenters. The van der Waals surface area contributed by atoms with Gasteiger partial charge in [-0.1, -0.05) is 22.9 Å². The fourth-order valence-corrected chi connectivity index (χ4v) is 7.66. The summed E-state index contributed by atoms with van der Waals surface area (Å²) >= 11 is 7.68. The van der Waals surface area contributed by atoms with Crippen molar-refractivity contribution in [1.29, 1.82) is 0 Å². The summed E-state index contributed by atoms with van der Waals surface area (Å²) in [7, 11) is -4.01. The summed E-state index contributed by atoms with van der Waals surface area (Å²) in [5.41, 5.74) is 3.36. The Hall–Kier alpha value is -2.86. The largest absolute Gasteiger partial charge is 0.285 e. The molecule has 1 saturated heterocycles. The number of sulfonamides is 1. The summed E-state index contributed by atoms with van der Waals surface area (Å²) in [6.07, 6.45) is 0.919. The molecule has 38 heavy (non-hydrogen) atoms. The molecule has 5 rings (SSSR count). The molecule has 200 valence electrons. The van der Waals surface area contributed by atoms with Gasteiger partial charge in [-0.3, -0.25) is 14.4 Å². The van der Waals surface area contributed by atoms with Crippen LogP contribution in [0.5, 0.6) is 0 Å². The average molecular weight is 576 g/mol. The number of carbonyl (C=O) groups excluding carboxylic acids is 1. The van der Waals surface area contributed by atoms with Crippen molar-refractivity contribution in [2.75, 3.05) is 18.0 Å². The Labute approximate surface area is 229 Å². The molecule has 0 aliphatic carbocycles. The number of hydrogen-bond donors (Lipinski definition) is 0. The number of nitrogens with zero attached hydrogens (tertiary/aromatic N) is 5. The molecule has 0 radical (unpaired) electrons. The number of halogens is 2.